The molecule has 0 bridgehead atoms. The van der Waals surface area contributed by atoms with Crippen LogP contribution in [0.4, 0.5) is 0 Å². The molecule has 4 aromatic rings. The Kier molecular flexibility index (Phi) is 6.94. The molecule has 0 saturated carbocycles. The Labute approximate surface area is 205 Å². The van der Waals surface area contributed by atoms with Crippen molar-refractivity contribution in [2.45, 2.75) is 6.61 Å². The van der Waals surface area contributed by atoms with Crippen LogP contribution >= 0.6 is 50.1 Å². The molecule has 0 aliphatic carbocycles. The molecule has 5 nitrogen and oxygen atoms in total. The summed E-state index contributed by atoms with van der Waals surface area (Å²) in [5.74, 6) is 0.495. The molecule has 8 heteroatoms. The van der Waals surface area contributed by atoms with Crippen LogP contribution in [0.1, 0.15) is 21.7 Å². The number of fused-ring (bicyclic) bond motifs is 1. The van der Waals surface area contributed by atoms with E-state index >= 15 is 0 Å². The lowest BCUT2D eigenvalue weighted by molar-refractivity contribution is 0.0929. The molecule has 0 atom stereocenters. The number of carbonyl (C=O) groups is 1. The zero-order valence-electron chi connectivity index (χ0n) is 15.9. The second-order valence-electron chi connectivity index (χ2n) is 6.56. The Balaban J connectivity index is 1.35. The van der Waals surface area contributed by atoms with E-state index in [2.05, 4.69) is 49.0 Å². The molecule has 31 heavy (non-hydrogen) atoms. The Morgan fingerprint density at radius 2 is 1.94 bits per heavy atom. The van der Waals surface area contributed by atoms with Crippen molar-refractivity contribution in [2.24, 2.45) is 5.10 Å². The van der Waals surface area contributed by atoms with Crippen LogP contribution in [0.2, 0.25) is 5.02 Å². The van der Waals surface area contributed by atoms with Gasteiger partial charge in [0.25, 0.3) is 0 Å². The van der Waals surface area contributed by atoms with Crippen LogP contribution in [0.3, 0.4) is 0 Å². The van der Waals surface area contributed by atoms with Crippen LogP contribution in [-0.2, 0) is 6.61 Å². The van der Waals surface area contributed by atoms with Crippen LogP contribution in [0.5, 0.6) is 5.75 Å². The number of halogens is 3. The van der Waals surface area contributed by atoms with Gasteiger partial charge in [0.2, 0.25) is 0 Å². The van der Waals surface area contributed by atoms with Gasteiger partial charge in [0, 0.05) is 20.4 Å². The molecule has 0 aliphatic rings. The highest BCUT2D eigenvalue weighted by Crippen LogP contribution is 2.28. The number of carbonyl (C=O) groups excluding carboxylic acids is 1. The molecule has 0 saturated heterocycles. The van der Waals surface area contributed by atoms with Gasteiger partial charge in [0.1, 0.15) is 17.9 Å². The molecule has 0 unspecified atom stereocenters. The Morgan fingerprint density at radius 3 is 2.71 bits per heavy atom. The number of ether oxygens (including phenoxy) is 1. The second kappa shape index (κ2) is 9.84. The summed E-state index contributed by atoms with van der Waals surface area (Å²) in [6, 6.07) is 20.4. The quantitative estimate of drug-likeness (QED) is 0.149. The van der Waals surface area contributed by atoms with E-state index in [-0.39, 0.29) is 5.76 Å². The molecule has 4 rings (SSSR count). The van der Waals surface area contributed by atoms with Crippen molar-refractivity contribution in [3.63, 3.8) is 0 Å². The first kappa shape index (κ1) is 21.9. The van der Waals surface area contributed by atoms with E-state index in [1.165, 1.54) is 0 Å². The fraction of sp³-hybridized carbons (Fsp3) is 0.0435. The molecule has 1 N–H and O–H groups in total. The number of amides is 1. The lowest BCUT2D eigenvalue weighted by Crippen LogP contribution is -2.16. The first-order chi connectivity index (χ1) is 15.0. The third-order valence-corrected chi connectivity index (χ3v) is 6.00. The molecule has 3 aromatic carbocycles. The average Bonchev–Trinajstić information content (AvgIpc) is 3.19. The summed E-state index contributed by atoms with van der Waals surface area (Å²) in [4.78, 5) is 12.3. The van der Waals surface area contributed by atoms with Crippen LogP contribution < -0.4 is 10.2 Å². The number of nitrogens with zero attached hydrogens (tertiary/aromatic N) is 1. The lowest BCUT2D eigenvalue weighted by atomic mass is 10.2. The molecule has 1 amide bonds. The number of nitrogens with one attached hydrogen (secondary N) is 1. The maximum atomic E-state index is 12.3. The zero-order valence-corrected chi connectivity index (χ0v) is 20.4. The van der Waals surface area contributed by atoms with E-state index in [0.29, 0.717) is 23.0 Å². The molecule has 0 fully saturated rings. The van der Waals surface area contributed by atoms with Crippen molar-refractivity contribution in [2.75, 3.05) is 0 Å². The van der Waals surface area contributed by atoms with Gasteiger partial charge in [-0.1, -0.05) is 45.7 Å². The molecule has 1 heterocycles. The standard InChI is InChI=1S/C23H15BrClIN2O3/c24-17-9-16-10-21(31-22(16)20(26)11-17)23(29)28-27-12-14-5-7-18(8-6-14)30-13-15-3-1-2-4-19(15)25/h1-12H,13H2,(H,28,29)/b27-12-. The molecule has 0 spiro atoms. The van der Waals surface area contributed by atoms with E-state index < -0.39 is 5.91 Å². The summed E-state index contributed by atoms with van der Waals surface area (Å²) in [5, 5.41) is 5.53. The third-order valence-electron chi connectivity index (χ3n) is 4.37. The van der Waals surface area contributed by atoms with Gasteiger partial charge in [-0.15, -0.1) is 0 Å². The van der Waals surface area contributed by atoms with Crippen LogP contribution in [0.15, 0.2) is 80.7 Å². The van der Waals surface area contributed by atoms with Crippen LogP contribution in [0.25, 0.3) is 11.0 Å². The number of rotatable bonds is 6. The van der Waals surface area contributed by atoms with E-state index in [9.17, 15) is 4.79 Å². The van der Waals surface area contributed by atoms with E-state index in [4.69, 9.17) is 20.8 Å². The van der Waals surface area contributed by atoms with Gasteiger partial charge in [-0.2, -0.15) is 5.10 Å². The highest BCUT2D eigenvalue weighted by molar-refractivity contribution is 14.1. The van der Waals surface area contributed by atoms with Gasteiger partial charge in [0.05, 0.1) is 9.78 Å². The molecular weight excluding hydrogens is 595 g/mol. The van der Waals surface area contributed by atoms with Crippen LogP contribution in [-0.4, -0.2) is 12.1 Å². The third kappa shape index (κ3) is 5.47. The summed E-state index contributed by atoms with van der Waals surface area (Å²) in [6.45, 7) is 0.385. The molecule has 156 valence electrons. The fourth-order valence-electron chi connectivity index (χ4n) is 2.83. The summed E-state index contributed by atoms with van der Waals surface area (Å²) in [6.07, 6.45) is 1.55. The minimum atomic E-state index is -0.418. The summed E-state index contributed by atoms with van der Waals surface area (Å²) in [7, 11) is 0. The monoisotopic (exact) mass is 608 g/mol. The maximum Gasteiger partial charge on any atom is 0.307 e. The van der Waals surface area contributed by atoms with E-state index in [1.807, 2.05) is 60.7 Å². The lowest BCUT2D eigenvalue weighted by Gasteiger charge is -2.07. The van der Waals surface area contributed by atoms with Crippen molar-refractivity contribution < 1.29 is 13.9 Å². The highest BCUT2D eigenvalue weighted by Gasteiger charge is 2.14. The van der Waals surface area contributed by atoms with E-state index in [0.717, 1.165) is 24.6 Å². The van der Waals surface area contributed by atoms with Crippen LogP contribution in [0, 0.1) is 3.57 Å². The number of furan rings is 1. The predicted octanol–water partition coefficient (Wildman–Crippen LogP) is 6.80. The van der Waals surface area contributed by atoms with Gasteiger partial charge in [-0.3, -0.25) is 4.79 Å². The summed E-state index contributed by atoms with van der Waals surface area (Å²) < 4.78 is 13.3. The largest absolute Gasteiger partial charge is 0.489 e. The number of benzene rings is 3. The van der Waals surface area contributed by atoms with Gasteiger partial charge >= 0.3 is 5.91 Å². The van der Waals surface area contributed by atoms with Crippen molar-refractivity contribution in [1.82, 2.24) is 5.43 Å². The minimum absolute atomic E-state index is 0.200. The first-order valence-electron chi connectivity index (χ1n) is 9.18. The zero-order chi connectivity index (χ0) is 21.8. The second-order valence-corrected chi connectivity index (χ2v) is 9.05. The van der Waals surface area contributed by atoms with Crippen molar-refractivity contribution in [1.29, 1.82) is 0 Å². The minimum Gasteiger partial charge on any atom is -0.489 e. The number of hydrogen-bond acceptors (Lipinski definition) is 4. The highest BCUT2D eigenvalue weighted by atomic mass is 127. The Hall–Kier alpha value is -2.36. The van der Waals surface area contributed by atoms with Gasteiger partial charge in [0.15, 0.2) is 5.76 Å². The fourth-order valence-corrected chi connectivity index (χ4v) is 4.69. The van der Waals surface area contributed by atoms with Crippen molar-refractivity contribution >= 4 is 73.2 Å². The van der Waals surface area contributed by atoms with E-state index in [1.54, 1.807) is 12.3 Å². The smallest absolute Gasteiger partial charge is 0.307 e. The molecule has 1 aromatic heterocycles. The summed E-state index contributed by atoms with van der Waals surface area (Å²) >= 11 is 11.7. The van der Waals surface area contributed by atoms with Gasteiger partial charge in [-0.05, 0) is 76.7 Å². The topological polar surface area (TPSA) is 63.8 Å². The first-order valence-corrected chi connectivity index (χ1v) is 11.4. The Morgan fingerprint density at radius 1 is 1.16 bits per heavy atom. The molecular formula is C23H15BrClIN2O3. The summed E-state index contributed by atoms with van der Waals surface area (Å²) in [5.41, 5.74) is 4.89. The Bertz CT molecular complexity index is 1270. The molecule has 0 radical (unpaired) electrons. The van der Waals surface area contributed by atoms with Crippen molar-refractivity contribution in [3.05, 3.63) is 96.7 Å². The number of hydrazone groups is 1. The maximum absolute atomic E-state index is 12.3. The van der Waals surface area contributed by atoms with Gasteiger partial charge in [-0.25, -0.2) is 5.43 Å². The van der Waals surface area contributed by atoms with Gasteiger partial charge < -0.3 is 9.15 Å². The van der Waals surface area contributed by atoms with Crippen molar-refractivity contribution in [3.8, 4) is 5.75 Å². The predicted molar refractivity (Wildman–Crippen MR) is 134 cm³/mol. The SMILES string of the molecule is O=C(N/N=C\c1ccc(OCc2ccccc2Cl)cc1)c1cc2cc(Br)cc(I)c2o1. The molecule has 0 aliphatic heterocycles. The number of hydrogen-bond donors (Lipinski definition) is 1. The average molecular weight is 610 g/mol. The normalized spacial score (nSPS) is 11.2.